The van der Waals surface area contributed by atoms with E-state index in [0.717, 1.165) is 44.1 Å². The number of carbonyl (C=O) groups excluding carboxylic acids is 12. The Balaban J connectivity index is 4.91. The maximum absolute atomic E-state index is 12.9. The van der Waals surface area contributed by atoms with Crippen LogP contribution < -0.4 is 11.1 Å². The van der Waals surface area contributed by atoms with Gasteiger partial charge in [0.1, 0.15) is 0 Å². The maximum atomic E-state index is 12.9. The van der Waals surface area contributed by atoms with Crippen molar-refractivity contribution in [2.75, 3.05) is 148 Å². The molecule has 0 heterocycles. The highest BCUT2D eigenvalue weighted by molar-refractivity contribution is 7.80. The topological polar surface area (TPSA) is 275 Å². The molecule has 62 heavy (non-hydrogen) atoms. The molecule has 0 bridgehead atoms. The first-order valence-corrected chi connectivity index (χ1v) is 20.2. The molecule has 0 radical (unpaired) electrons. The van der Waals surface area contributed by atoms with Crippen LogP contribution in [0.1, 0.15) is 6.42 Å². The van der Waals surface area contributed by atoms with Crippen LogP contribution in [0.5, 0.6) is 0 Å². The second-order valence-corrected chi connectivity index (χ2v) is 15.7. The molecule has 0 saturated heterocycles. The largest absolute Gasteiger partial charge is 0.344 e. The first-order valence-electron chi connectivity index (χ1n) is 19.0. The molecule has 0 spiro atoms. The van der Waals surface area contributed by atoms with E-state index in [0.29, 0.717) is 0 Å². The van der Waals surface area contributed by atoms with Gasteiger partial charge >= 0.3 is 0 Å². The molecular weight excluding hydrogens is 856 g/mol. The summed E-state index contributed by atoms with van der Waals surface area (Å²) in [6, 6.07) is -0.844. The Morgan fingerprint density at radius 3 is 0.774 bits per heavy atom. The highest BCUT2D eigenvalue weighted by atomic mass is 32.1. The molecule has 350 valence electrons. The number of amides is 11. The Morgan fingerprint density at radius 2 is 0.597 bits per heavy atom. The maximum Gasteiger partial charge on any atom is 0.242 e. The molecule has 0 fully saturated rings. The third kappa shape index (κ3) is 20.4. The monoisotopic (exact) mass is 918 g/mol. The molecule has 1 unspecified atom stereocenters. The lowest BCUT2D eigenvalue weighted by molar-refractivity contribution is -0.146. The van der Waals surface area contributed by atoms with Crippen LogP contribution in [0.25, 0.3) is 0 Å². The first kappa shape index (κ1) is 56.6. The van der Waals surface area contributed by atoms with E-state index in [2.05, 4.69) is 17.9 Å². The van der Waals surface area contributed by atoms with Gasteiger partial charge in [-0.2, -0.15) is 12.6 Å². The molecule has 0 aliphatic carbocycles. The van der Waals surface area contributed by atoms with E-state index in [-0.39, 0.29) is 49.8 Å². The van der Waals surface area contributed by atoms with E-state index < -0.39 is 111 Å². The lowest BCUT2D eigenvalue weighted by Gasteiger charge is -2.27. The molecule has 0 rings (SSSR count). The van der Waals surface area contributed by atoms with Gasteiger partial charge in [-0.15, -0.1) is 0 Å². The minimum Gasteiger partial charge on any atom is -0.344 e. The van der Waals surface area contributed by atoms with E-state index >= 15 is 0 Å². The Hall–Kier alpha value is -5.42. The molecule has 0 aromatic carbocycles. The standard InChI is InChI=1S/C36H63N12O12PS/c1-39(13-25(49)38-24(23-62)36(60)61)27(51)15-41(3)29(53)17-43(5)31(55)19-45(7)33(57)21-47(9)35(59)22-48(10)34(58)20-46(8)32(56)18-44(6)30(54)16-42(4)28(52)14-40(2)26(50)11-12-37/h24,62H,11-23,37,61H2,1-10H3,(H,38,49)/t24-/m0/s1. The number of likely N-dealkylation sites (N-methyl/N-ethyl adjacent to an activating group) is 10. The average molecular weight is 919 g/mol. The van der Waals surface area contributed by atoms with Crippen molar-refractivity contribution >= 4 is 92.4 Å². The van der Waals surface area contributed by atoms with Crippen LogP contribution in [-0.2, 0) is 57.5 Å². The molecule has 0 aliphatic rings. The van der Waals surface area contributed by atoms with Crippen molar-refractivity contribution in [2.24, 2.45) is 5.73 Å². The number of rotatable bonds is 25. The second-order valence-electron chi connectivity index (χ2n) is 14.7. The van der Waals surface area contributed by atoms with Crippen molar-refractivity contribution in [3.8, 4) is 0 Å². The van der Waals surface area contributed by atoms with Crippen molar-refractivity contribution in [1.82, 2.24) is 54.3 Å². The molecule has 11 amide bonds. The number of hydrogen-bond acceptors (Lipinski definition) is 14. The van der Waals surface area contributed by atoms with Crippen LogP contribution in [0.2, 0.25) is 0 Å². The second kappa shape index (κ2) is 27.5. The zero-order chi connectivity index (χ0) is 48.2. The molecule has 24 nitrogen and oxygen atoms in total. The Kier molecular flexibility index (Phi) is 25.1. The lowest BCUT2D eigenvalue weighted by Crippen LogP contribution is -2.49. The number of nitrogens with one attached hydrogen (secondary N) is 1. The van der Waals surface area contributed by atoms with Gasteiger partial charge in [0.15, 0.2) is 5.52 Å². The number of nitrogens with two attached hydrogens (primary N) is 1. The number of thiol groups is 1. The van der Waals surface area contributed by atoms with Crippen molar-refractivity contribution in [3.63, 3.8) is 0 Å². The van der Waals surface area contributed by atoms with Gasteiger partial charge in [0.25, 0.3) is 0 Å². The number of nitrogens with zero attached hydrogens (tertiary/aromatic N) is 10. The molecule has 0 aromatic rings. The summed E-state index contributed by atoms with van der Waals surface area (Å²) in [4.78, 5) is 161. The molecule has 0 aliphatic heterocycles. The zero-order valence-electron chi connectivity index (χ0n) is 37.2. The van der Waals surface area contributed by atoms with Crippen molar-refractivity contribution in [1.29, 1.82) is 0 Å². The zero-order valence-corrected chi connectivity index (χ0v) is 39.3. The smallest absolute Gasteiger partial charge is 0.242 e. The van der Waals surface area contributed by atoms with Gasteiger partial charge in [0.2, 0.25) is 65.0 Å². The molecule has 26 heteroatoms. The summed E-state index contributed by atoms with van der Waals surface area (Å²) >= 11 is 4.00. The number of hydrogen-bond donors (Lipinski definition) is 3. The van der Waals surface area contributed by atoms with E-state index in [9.17, 15) is 57.5 Å². The summed E-state index contributed by atoms with van der Waals surface area (Å²) < 4.78 is 0. The van der Waals surface area contributed by atoms with Gasteiger partial charge in [0, 0.05) is 89.2 Å². The van der Waals surface area contributed by atoms with Gasteiger partial charge in [-0.05, 0) is 0 Å². The van der Waals surface area contributed by atoms with Crippen LogP contribution in [0.4, 0.5) is 0 Å². The summed E-state index contributed by atoms with van der Waals surface area (Å²) in [5, 5.41) is 2.44. The predicted molar refractivity (Wildman–Crippen MR) is 231 cm³/mol. The fourth-order valence-corrected chi connectivity index (χ4v) is 5.44. The highest BCUT2D eigenvalue weighted by Gasteiger charge is 2.27. The van der Waals surface area contributed by atoms with Crippen molar-refractivity contribution < 1.29 is 57.5 Å². The summed E-state index contributed by atoms with van der Waals surface area (Å²) in [5.74, 6) is -6.27. The van der Waals surface area contributed by atoms with Crippen LogP contribution in [-0.4, -0.2) is 274 Å². The van der Waals surface area contributed by atoms with E-state index in [1.807, 2.05) is 9.24 Å². The number of carbonyl (C=O) groups is 12. The summed E-state index contributed by atoms with van der Waals surface area (Å²) in [7, 11) is 15.4. The van der Waals surface area contributed by atoms with Crippen molar-refractivity contribution in [3.05, 3.63) is 0 Å². The van der Waals surface area contributed by atoms with Crippen LogP contribution in [0, 0.1) is 0 Å². The first-order chi connectivity index (χ1) is 28.7. The summed E-state index contributed by atoms with van der Waals surface area (Å²) in [5.41, 5.74) is 4.99. The molecule has 3 N–H and O–H groups in total. The van der Waals surface area contributed by atoms with Gasteiger partial charge in [0.05, 0.1) is 71.5 Å². The van der Waals surface area contributed by atoms with Crippen LogP contribution in [0.3, 0.4) is 0 Å². The molecule has 0 aromatic heterocycles. The fourth-order valence-electron chi connectivity index (χ4n) is 4.77. The Labute approximate surface area is 369 Å². The van der Waals surface area contributed by atoms with Gasteiger partial charge in [-0.1, -0.05) is 9.24 Å². The van der Waals surface area contributed by atoms with Gasteiger partial charge in [-0.25, -0.2) is 0 Å². The predicted octanol–water partition coefficient (Wildman–Crippen LogP) is -6.26. The average Bonchev–Trinajstić information content (AvgIpc) is 3.18. The van der Waals surface area contributed by atoms with Gasteiger partial charge < -0.3 is 60.0 Å². The minimum atomic E-state index is -0.844. The molecule has 0 saturated carbocycles. The minimum absolute atomic E-state index is 0.0620. The quantitative estimate of drug-likeness (QED) is 0.0569. The van der Waals surface area contributed by atoms with Gasteiger partial charge in [-0.3, -0.25) is 57.5 Å². The Morgan fingerprint density at radius 1 is 0.403 bits per heavy atom. The molecular formula is C36H63N12O12PS. The van der Waals surface area contributed by atoms with Crippen LogP contribution in [0.15, 0.2) is 0 Å². The molecule has 2 atom stereocenters. The lowest BCUT2D eigenvalue weighted by atomic mass is 10.3. The van der Waals surface area contributed by atoms with E-state index in [1.165, 1.54) is 75.4 Å². The van der Waals surface area contributed by atoms with Crippen LogP contribution >= 0.6 is 21.9 Å². The fraction of sp³-hybridized carbons (Fsp3) is 0.667. The summed E-state index contributed by atoms with van der Waals surface area (Å²) in [6.07, 6.45) is 0.0660. The van der Waals surface area contributed by atoms with Crippen molar-refractivity contribution in [2.45, 2.75) is 12.5 Å². The third-order valence-corrected chi connectivity index (χ3v) is 9.98. The third-order valence-electron chi connectivity index (χ3n) is 9.21. The Bertz CT molecular complexity index is 1690. The SMILES string of the molecule is CN(CC(=O)N[C@@H](CS)C(=O)P)C(=O)CN(C)C(=O)CN(C)C(=O)CN(C)C(=O)CN(C)C(=O)CN(C)C(=O)CN(C)C(=O)CN(C)C(=O)CN(C)C(=O)CN(C)C(=O)CCN. The normalized spacial score (nSPS) is 10.9. The summed E-state index contributed by atoms with van der Waals surface area (Å²) in [6.45, 7) is -3.99. The van der Waals surface area contributed by atoms with E-state index in [1.54, 1.807) is 0 Å². The van der Waals surface area contributed by atoms with E-state index in [4.69, 9.17) is 5.73 Å². The highest BCUT2D eigenvalue weighted by Crippen LogP contribution is 2.02.